The molecule has 0 fully saturated rings. The van der Waals surface area contributed by atoms with Gasteiger partial charge >= 0.3 is 5.97 Å². The van der Waals surface area contributed by atoms with Gasteiger partial charge in [-0.05, 0) is 32.1 Å². The highest BCUT2D eigenvalue weighted by atomic mass is 16.5. The molecule has 0 aliphatic rings. The Bertz CT molecular complexity index is 258. The van der Waals surface area contributed by atoms with Crippen LogP contribution >= 0.6 is 0 Å². The molecule has 0 unspecified atom stereocenters. The average molecular weight is 310 g/mol. The number of esters is 1. The minimum atomic E-state index is -0.409. The van der Waals surface area contributed by atoms with Crippen molar-refractivity contribution in [2.24, 2.45) is 0 Å². The Morgan fingerprint density at radius 2 is 1.23 bits per heavy atom. The number of rotatable bonds is 16. The fraction of sp³-hybridized carbons (Fsp3) is 0.800. The molecule has 0 saturated carbocycles. The van der Waals surface area contributed by atoms with Crippen molar-refractivity contribution in [3.63, 3.8) is 0 Å². The van der Waals surface area contributed by atoms with Gasteiger partial charge in [-0.15, -0.1) is 0 Å². The molecule has 0 aliphatic carbocycles. The van der Waals surface area contributed by atoms with Crippen molar-refractivity contribution in [3.05, 3.63) is 19.1 Å². The van der Waals surface area contributed by atoms with Crippen LogP contribution in [0.1, 0.15) is 96.8 Å². The summed E-state index contributed by atoms with van der Waals surface area (Å²) >= 11 is 0. The van der Waals surface area contributed by atoms with Crippen molar-refractivity contribution >= 4 is 5.97 Å². The molecule has 1 radical (unpaired) electrons. The van der Waals surface area contributed by atoms with Crippen molar-refractivity contribution in [2.75, 3.05) is 6.61 Å². The molecule has 0 aromatic carbocycles. The van der Waals surface area contributed by atoms with Crippen molar-refractivity contribution in [2.45, 2.75) is 96.8 Å². The number of ether oxygens (including phenoxy) is 1. The number of carbonyl (C=O) groups is 1. The molecule has 0 spiro atoms. The quantitative estimate of drug-likeness (QED) is 0.187. The second-order valence-electron chi connectivity index (χ2n) is 6.16. The highest BCUT2D eigenvalue weighted by Crippen LogP contribution is 2.09. The molecule has 22 heavy (non-hydrogen) atoms. The summed E-state index contributed by atoms with van der Waals surface area (Å²) in [4.78, 5) is 10.5. The van der Waals surface area contributed by atoms with Crippen LogP contribution in [0.4, 0.5) is 0 Å². The summed E-state index contributed by atoms with van der Waals surface area (Å²) in [5.41, 5.74) is 0. The highest BCUT2D eigenvalue weighted by Gasteiger charge is 1.94. The zero-order valence-corrected chi connectivity index (χ0v) is 14.8. The van der Waals surface area contributed by atoms with Gasteiger partial charge in [-0.1, -0.05) is 76.9 Å². The van der Waals surface area contributed by atoms with E-state index in [-0.39, 0.29) is 0 Å². The lowest BCUT2D eigenvalue weighted by molar-refractivity contribution is -0.138. The first-order valence-electron chi connectivity index (χ1n) is 9.41. The van der Waals surface area contributed by atoms with E-state index in [1.165, 1.54) is 77.0 Å². The normalized spacial score (nSPS) is 11.2. The van der Waals surface area contributed by atoms with E-state index in [9.17, 15) is 4.79 Å². The lowest BCUT2D eigenvalue weighted by Crippen LogP contribution is -2.00. The fourth-order valence-electron chi connectivity index (χ4n) is 2.54. The first kappa shape index (κ1) is 21.2. The van der Waals surface area contributed by atoms with E-state index in [1.54, 1.807) is 0 Å². The molecule has 2 nitrogen and oxygen atoms in total. The van der Waals surface area contributed by atoms with Crippen molar-refractivity contribution in [1.29, 1.82) is 0 Å². The maximum absolute atomic E-state index is 10.5. The minimum absolute atomic E-state index is 0.409. The van der Waals surface area contributed by atoms with Gasteiger partial charge in [0.15, 0.2) is 0 Å². The third-order valence-corrected chi connectivity index (χ3v) is 3.92. The zero-order chi connectivity index (χ0) is 16.3. The minimum Gasteiger partial charge on any atom is -0.466 e. The van der Waals surface area contributed by atoms with E-state index in [0.717, 1.165) is 12.8 Å². The maximum atomic E-state index is 10.5. The summed E-state index contributed by atoms with van der Waals surface area (Å²) in [5.74, 6) is -0.409. The lowest BCUT2D eigenvalue weighted by Gasteiger charge is -2.02. The summed E-state index contributed by atoms with van der Waals surface area (Å²) in [5, 5.41) is 0. The van der Waals surface area contributed by atoms with E-state index in [2.05, 4.69) is 26.0 Å². The Labute approximate surface area is 138 Å². The van der Waals surface area contributed by atoms with Gasteiger partial charge in [0, 0.05) is 0 Å². The van der Waals surface area contributed by atoms with Crippen molar-refractivity contribution < 1.29 is 9.53 Å². The van der Waals surface area contributed by atoms with Crippen LogP contribution < -0.4 is 0 Å². The Morgan fingerprint density at radius 1 is 0.773 bits per heavy atom. The fourth-order valence-corrected chi connectivity index (χ4v) is 2.54. The summed E-state index contributed by atoms with van der Waals surface area (Å²) in [6.45, 7) is 5.98. The van der Waals surface area contributed by atoms with Crippen LogP contribution in [0.5, 0.6) is 0 Å². The molecule has 2 heteroatoms. The SMILES string of the molecule is [CH2]C(=O)OCCCCCCCC/C=C\CCCCCCCC. The Kier molecular flexibility index (Phi) is 17.6. The summed E-state index contributed by atoms with van der Waals surface area (Å²) in [6, 6.07) is 0. The predicted molar refractivity (Wildman–Crippen MR) is 95.8 cm³/mol. The van der Waals surface area contributed by atoms with Crippen LogP contribution in [0.3, 0.4) is 0 Å². The van der Waals surface area contributed by atoms with Gasteiger partial charge in [0.25, 0.3) is 0 Å². The standard InChI is InChI=1S/C20H37O2/c1-3-4-5-6-7-8-9-10-11-12-13-14-15-16-17-18-19-22-20(2)21/h10-11H,2-9,12-19H2,1H3/b11-10-. The second kappa shape index (κ2) is 18.3. The molecule has 0 aliphatic heterocycles. The van der Waals surface area contributed by atoms with Crippen LogP contribution in [-0.2, 0) is 9.53 Å². The van der Waals surface area contributed by atoms with E-state index < -0.39 is 5.97 Å². The number of unbranched alkanes of at least 4 members (excludes halogenated alkanes) is 12. The van der Waals surface area contributed by atoms with Crippen LogP contribution in [0.25, 0.3) is 0 Å². The predicted octanol–water partition coefficient (Wildman–Crippen LogP) is 6.40. The van der Waals surface area contributed by atoms with Gasteiger partial charge in [0.05, 0.1) is 13.5 Å². The highest BCUT2D eigenvalue weighted by molar-refractivity contribution is 5.73. The van der Waals surface area contributed by atoms with Gasteiger partial charge in [-0.25, -0.2) is 0 Å². The molecule has 0 aromatic heterocycles. The number of hydrogen-bond donors (Lipinski definition) is 0. The average Bonchev–Trinajstić information content (AvgIpc) is 2.50. The summed E-state index contributed by atoms with van der Waals surface area (Å²) in [7, 11) is 0. The number of allylic oxidation sites excluding steroid dienone is 2. The van der Waals surface area contributed by atoms with Crippen LogP contribution in [0.15, 0.2) is 12.2 Å². The molecule has 0 atom stereocenters. The molecule has 0 aromatic rings. The smallest absolute Gasteiger partial charge is 0.306 e. The zero-order valence-electron chi connectivity index (χ0n) is 14.8. The molecule has 129 valence electrons. The lowest BCUT2D eigenvalue weighted by atomic mass is 10.1. The summed E-state index contributed by atoms with van der Waals surface area (Å²) < 4.78 is 4.80. The molecular weight excluding hydrogens is 272 g/mol. The Balaban J connectivity index is 3.06. The molecule has 0 rings (SSSR count). The van der Waals surface area contributed by atoms with E-state index in [1.807, 2.05) is 0 Å². The van der Waals surface area contributed by atoms with Crippen LogP contribution in [0, 0.1) is 6.92 Å². The molecule has 0 heterocycles. The van der Waals surface area contributed by atoms with Gasteiger partial charge < -0.3 is 4.74 Å². The topological polar surface area (TPSA) is 26.3 Å². The van der Waals surface area contributed by atoms with E-state index in [0.29, 0.717) is 6.61 Å². The first-order valence-corrected chi connectivity index (χ1v) is 9.41. The van der Waals surface area contributed by atoms with Crippen molar-refractivity contribution in [3.8, 4) is 0 Å². The van der Waals surface area contributed by atoms with Gasteiger partial charge in [0.1, 0.15) is 0 Å². The molecule has 0 saturated heterocycles. The Morgan fingerprint density at radius 3 is 1.73 bits per heavy atom. The maximum Gasteiger partial charge on any atom is 0.306 e. The number of carbonyl (C=O) groups excluding carboxylic acids is 1. The largest absolute Gasteiger partial charge is 0.466 e. The monoisotopic (exact) mass is 309 g/mol. The van der Waals surface area contributed by atoms with Gasteiger partial charge in [-0.2, -0.15) is 0 Å². The Hall–Kier alpha value is -0.790. The molecular formula is C20H37O2. The molecule has 0 bridgehead atoms. The van der Waals surface area contributed by atoms with Crippen molar-refractivity contribution in [1.82, 2.24) is 0 Å². The molecule has 0 N–H and O–H groups in total. The van der Waals surface area contributed by atoms with Gasteiger partial charge in [0.2, 0.25) is 0 Å². The van der Waals surface area contributed by atoms with Crippen LogP contribution in [0.2, 0.25) is 0 Å². The summed E-state index contributed by atoms with van der Waals surface area (Å²) in [6.07, 6.45) is 22.8. The number of hydrogen-bond acceptors (Lipinski definition) is 2. The van der Waals surface area contributed by atoms with Gasteiger partial charge in [-0.3, -0.25) is 4.79 Å². The molecule has 0 amide bonds. The third kappa shape index (κ3) is 19.2. The van der Waals surface area contributed by atoms with E-state index in [4.69, 9.17) is 4.74 Å². The second-order valence-corrected chi connectivity index (χ2v) is 6.16. The van der Waals surface area contributed by atoms with Crippen LogP contribution in [-0.4, -0.2) is 12.6 Å². The van der Waals surface area contributed by atoms with E-state index >= 15 is 0 Å². The third-order valence-electron chi connectivity index (χ3n) is 3.92. The first-order chi connectivity index (χ1) is 10.8.